The SMILES string of the molecule is C=C(C)CCC(O)Cc1c(C)nn(C)c1C. The summed E-state index contributed by atoms with van der Waals surface area (Å²) in [7, 11) is 1.94. The van der Waals surface area contributed by atoms with Gasteiger partial charge in [-0.15, -0.1) is 6.58 Å². The number of hydrogen-bond donors (Lipinski definition) is 1. The lowest BCUT2D eigenvalue weighted by molar-refractivity contribution is 0.165. The standard InChI is InChI=1S/C13H22N2O/c1-9(2)6-7-12(16)8-13-10(3)14-15(5)11(13)4/h12,16H,1,6-8H2,2-5H3. The first-order valence-corrected chi connectivity index (χ1v) is 5.73. The minimum atomic E-state index is -0.293. The third-order valence-corrected chi connectivity index (χ3v) is 3.00. The molecule has 0 aliphatic carbocycles. The lowest BCUT2D eigenvalue weighted by Crippen LogP contribution is -2.11. The van der Waals surface area contributed by atoms with E-state index in [9.17, 15) is 5.11 Å². The molecular weight excluding hydrogens is 200 g/mol. The highest BCUT2D eigenvalue weighted by Gasteiger charge is 2.13. The average molecular weight is 222 g/mol. The molecule has 0 spiro atoms. The fraction of sp³-hybridized carbons (Fsp3) is 0.615. The molecule has 1 atom stereocenters. The summed E-state index contributed by atoms with van der Waals surface area (Å²) in [6.07, 6.45) is 2.07. The first-order valence-electron chi connectivity index (χ1n) is 5.73. The van der Waals surface area contributed by atoms with Crippen molar-refractivity contribution in [3.05, 3.63) is 29.1 Å². The summed E-state index contributed by atoms with van der Waals surface area (Å²) in [5.74, 6) is 0. The van der Waals surface area contributed by atoms with E-state index in [-0.39, 0.29) is 6.10 Å². The van der Waals surface area contributed by atoms with Crippen LogP contribution in [0.4, 0.5) is 0 Å². The Kier molecular flexibility index (Phi) is 4.30. The van der Waals surface area contributed by atoms with Gasteiger partial charge in [-0.05, 0) is 39.2 Å². The van der Waals surface area contributed by atoms with Crippen molar-refractivity contribution in [2.75, 3.05) is 0 Å². The highest BCUT2D eigenvalue weighted by molar-refractivity contribution is 5.25. The summed E-state index contributed by atoms with van der Waals surface area (Å²) in [5, 5.41) is 14.3. The van der Waals surface area contributed by atoms with Gasteiger partial charge in [0.1, 0.15) is 0 Å². The number of allylic oxidation sites excluding steroid dienone is 1. The monoisotopic (exact) mass is 222 g/mol. The van der Waals surface area contributed by atoms with Crippen LogP contribution in [-0.4, -0.2) is 21.0 Å². The highest BCUT2D eigenvalue weighted by atomic mass is 16.3. The summed E-state index contributed by atoms with van der Waals surface area (Å²) in [6, 6.07) is 0. The molecule has 0 aromatic carbocycles. The van der Waals surface area contributed by atoms with Crippen molar-refractivity contribution in [2.45, 2.75) is 46.1 Å². The normalized spacial score (nSPS) is 12.8. The molecule has 1 unspecified atom stereocenters. The third kappa shape index (κ3) is 3.20. The lowest BCUT2D eigenvalue weighted by Gasteiger charge is -2.10. The van der Waals surface area contributed by atoms with Gasteiger partial charge in [0.25, 0.3) is 0 Å². The van der Waals surface area contributed by atoms with Crippen LogP contribution in [0, 0.1) is 13.8 Å². The summed E-state index contributed by atoms with van der Waals surface area (Å²) in [5.41, 5.74) is 4.47. The van der Waals surface area contributed by atoms with E-state index in [2.05, 4.69) is 11.7 Å². The van der Waals surface area contributed by atoms with Crippen LogP contribution in [0.1, 0.15) is 36.7 Å². The van der Waals surface area contributed by atoms with Crippen molar-refractivity contribution in [1.82, 2.24) is 9.78 Å². The fourth-order valence-electron chi connectivity index (χ4n) is 1.86. The zero-order valence-corrected chi connectivity index (χ0v) is 10.7. The van der Waals surface area contributed by atoms with Crippen LogP contribution in [0.25, 0.3) is 0 Å². The molecule has 1 heterocycles. The molecule has 1 aromatic heterocycles. The van der Waals surface area contributed by atoms with Crippen LogP contribution in [-0.2, 0) is 13.5 Å². The van der Waals surface area contributed by atoms with Gasteiger partial charge in [0.05, 0.1) is 11.8 Å². The van der Waals surface area contributed by atoms with Crippen LogP contribution in [0.2, 0.25) is 0 Å². The molecule has 1 aromatic rings. The van der Waals surface area contributed by atoms with E-state index >= 15 is 0 Å². The molecule has 0 amide bonds. The molecule has 0 saturated heterocycles. The van der Waals surface area contributed by atoms with Crippen LogP contribution >= 0.6 is 0 Å². The number of aliphatic hydroxyl groups excluding tert-OH is 1. The molecule has 3 heteroatoms. The predicted molar refractivity (Wildman–Crippen MR) is 66.4 cm³/mol. The maximum atomic E-state index is 9.93. The van der Waals surface area contributed by atoms with E-state index in [4.69, 9.17) is 0 Å². The Morgan fingerprint density at radius 1 is 1.50 bits per heavy atom. The Morgan fingerprint density at radius 3 is 2.56 bits per heavy atom. The van der Waals surface area contributed by atoms with E-state index in [0.717, 1.165) is 29.8 Å². The van der Waals surface area contributed by atoms with Gasteiger partial charge in [0, 0.05) is 19.2 Å². The van der Waals surface area contributed by atoms with Gasteiger partial charge in [0.15, 0.2) is 0 Å². The molecule has 0 aliphatic rings. The van der Waals surface area contributed by atoms with Gasteiger partial charge in [-0.3, -0.25) is 4.68 Å². The van der Waals surface area contributed by atoms with Crippen molar-refractivity contribution in [2.24, 2.45) is 7.05 Å². The second kappa shape index (κ2) is 5.30. The summed E-state index contributed by atoms with van der Waals surface area (Å²) < 4.78 is 1.87. The first-order chi connectivity index (χ1) is 7.41. The van der Waals surface area contributed by atoms with Crippen molar-refractivity contribution in [3.8, 4) is 0 Å². The lowest BCUT2D eigenvalue weighted by atomic mass is 10.0. The Hall–Kier alpha value is -1.09. The quantitative estimate of drug-likeness (QED) is 0.776. The van der Waals surface area contributed by atoms with Gasteiger partial charge in [-0.25, -0.2) is 0 Å². The van der Waals surface area contributed by atoms with Crippen LogP contribution in [0.5, 0.6) is 0 Å². The zero-order valence-electron chi connectivity index (χ0n) is 10.7. The van der Waals surface area contributed by atoms with Crippen molar-refractivity contribution >= 4 is 0 Å². The van der Waals surface area contributed by atoms with E-state index in [1.54, 1.807) is 0 Å². The smallest absolute Gasteiger partial charge is 0.0629 e. The molecule has 0 saturated carbocycles. The highest BCUT2D eigenvalue weighted by Crippen LogP contribution is 2.16. The van der Waals surface area contributed by atoms with Crippen LogP contribution in [0.3, 0.4) is 0 Å². The molecular formula is C13H22N2O. The topological polar surface area (TPSA) is 38.1 Å². The molecule has 3 nitrogen and oxygen atoms in total. The molecule has 90 valence electrons. The second-order valence-electron chi connectivity index (χ2n) is 4.63. The largest absolute Gasteiger partial charge is 0.393 e. The molecule has 0 bridgehead atoms. The molecule has 0 fully saturated rings. The van der Waals surface area contributed by atoms with Crippen LogP contribution < -0.4 is 0 Å². The summed E-state index contributed by atoms with van der Waals surface area (Å²) in [4.78, 5) is 0. The van der Waals surface area contributed by atoms with Crippen molar-refractivity contribution < 1.29 is 5.11 Å². The molecule has 1 rings (SSSR count). The van der Waals surface area contributed by atoms with E-state index in [1.807, 2.05) is 32.5 Å². The van der Waals surface area contributed by atoms with Gasteiger partial charge in [0.2, 0.25) is 0 Å². The number of hydrogen-bond acceptors (Lipinski definition) is 2. The number of aliphatic hydroxyl groups is 1. The van der Waals surface area contributed by atoms with Crippen LogP contribution in [0.15, 0.2) is 12.2 Å². The van der Waals surface area contributed by atoms with Gasteiger partial charge in [-0.1, -0.05) is 5.57 Å². The van der Waals surface area contributed by atoms with Crippen molar-refractivity contribution in [1.29, 1.82) is 0 Å². The predicted octanol–water partition coefficient (Wildman–Crippen LogP) is 2.30. The minimum absolute atomic E-state index is 0.293. The first kappa shape index (κ1) is 13.0. The van der Waals surface area contributed by atoms with E-state index < -0.39 is 0 Å². The van der Waals surface area contributed by atoms with Gasteiger partial charge < -0.3 is 5.11 Å². The van der Waals surface area contributed by atoms with Gasteiger partial charge >= 0.3 is 0 Å². The second-order valence-corrected chi connectivity index (χ2v) is 4.63. The van der Waals surface area contributed by atoms with Crippen molar-refractivity contribution in [3.63, 3.8) is 0 Å². The molecule has 0 aliphatic heterocycles. The number of nitrogens with zero attached hydrogens (tertiary/aromatic N) is 2. The Labute approximate surface area is 97.8 Å². The number of aromatic nitrogens is 2. The van der Waals surface area contributed by atoms with E-state index in [0.29, 0.717) is 6.42 Å². The number of aryl methyl sites for hydroxylation is 2. The minimum Gasteiger partial charge on any atom is -0.393 e. The third-order valence-electron chi connectivity index (χ3n) is 3.00. The Balaban J connectivity index is 2.62. The van der Waals surface area contributed by atoms with E-state index in [1.165, 1.54) is 5.56 Å². The molecule has 0 radical (unpaired) electrons. The Bertz CT molecular complexity index is 380. The maximum absolute atomic E-state index is 9.93. The Morgan fingerprint density at radius 2 is 2.12 bits per heavy atom. The summed E-state index contributed by atoms with van der Waals surface area (Å²) >= 11 is 0. The fourth-order valence-corrected chi connectivity index (χ4v) is 1.86. The maximum Gasteiger partial charge on any atom is 0.0629 e. The summed E-state index contributed by atoms with van der Waals surface area (Å²) in [6.45, 7) is 9.88. The number of rotatable bonds is 5. The van der Waals surface area contributed by atoms with Gasteiger partial charge in [-0.2, -0.15) is 5.10 Å². The zero-order chi connectivity index (χ0) is 12.3. The molecule has 1 N–H and O–H groups in total. The molecule has 16 heavy (non-hydrogen) atoms. The average Bonchev–Trinajstić information content (AvgIpc) is 2.42.